The Morgan fingerprint density at radius 3 is 2.56 bits per heavy atom. The van der Waals surface area contributed by atoms with Crippen molar-refractivity contribution in [3.8, 4) is 0 Å². The summed E-state index contributed by atoms with van der Waals surface area (Å²) in [5.74, 6) is -0.190. The summed E-state index contributed by atoms with van der Waals surface area (Å²) < 4.78 is 0. The molecule has 0 saturated carbocycles. The number of nitrogen functional groups attached to an aromatic ring is 1. The van der Waals surface area contributed by atoms with E-state index in [9.17, 15) is 4.79 Å². The second kappa shape index (κ2) is 4.01. The summed E-state index contributed by atoms with van der Waals surface area (Å²) in [4.78, 5) is 13.4. The highest BCUT2D eigenvalue weighted by Gasteiger charge is 2.19. The Morgan fingerprint density at radius 2 is 2.00 bits per heavy atom. The van der Waals surface area contributed by atoms with Gasteiger partial charge in [-0.25, -0.2) is 0 Å². The number of hydrogen-bond donors (Lipinski definition) is 2. The van der Waals surface area contributed by atoms with E-state index in [1.54, 1.807) is 7.05 Å². The van der Waals surface area contributed by atoms with Crippen molar-refractivity contribution in [2.75, 3.05) is 17.7 Å². The van der Waals surface area contributed by atoms with Gasteiger partial charge in [-0.2, -0.15) is 5.21 Å². The Morgan fingerprint density at radius 1 is 1.31 bits per heavy atom. The molecule has 1 amide bonds. The fourth-order valence-corrected chi connectivity index (χ4v) is 1.32. The fourth-order valence-electron chi connectivity index (χ4n) is 1.32. The molecule has 0 aliphatic heterocycles. The molecule has 0 spiro atoms. The van der Waals surface area contributed by atoms with Crippen LogP contribution >= 0.6 is 0 Å². The average Bonchev–Trinajstić information content (AvgIpc) is 2.75. The molecule has 0 saturated heterocycles. The third-order valence-electron chi connectivity index (χ3n) is 2.23. The lowest BCUT2D eigenvalue weighted by Crippen LogP contribution is -2.27. The number of anilines is 2. The summed E-state index contributed by atoms with van der Waals surface area (Å²) in [6.07, 6.45) is 0. The van der Waals surface area contributed by atoms with Crippen molar-refractivity contribution in [2.24, 2.45) is 0 Å². The number of benzene rings is 1. The number of aromatic amines is 1. The number of amides is 1. The summed E-state index contributed by atoms with van der Waals surface area (Å²) in [5.41, 5.74) is 6.41. The number of carbonyl (C=O) groups is 1. The summed E-state index contributed by atoms with van der Waals surface area (Å²) in [6.45, 7) is 0. The Bertz CT molecular complexity index is 493. The molecule has 6 heteroatoms. The van der Waals surface area contributed by atoms with Gasteiger partial charge in [0.2, 0.25) is 0 Å². The van der Waals surface area contributed by atoms with Crippen LogP contribution in [0.2, 0.25) is 0 Å². The van der Waals surface area contributed by atoms with Crippen molar-refractivity contribution in [1.82, 2.24) is 15.4 Å². The van der Waals surface area contributed by atoms with Crippen LogP contribution in [0, 0.1) is 0 Å². The first-order valence-electron chi connectivity index (χ1n) is 4.69. The van der Waals surface area contributed by atoms with Gasteiger partial charge < -0.3 is 10.6 Å². The number of carbonyl (C=O) groups excluding carboxylic acids is 1. The molecule has 0 aliphatic carbocycles. The molecule has 3 N–H and O–H groups in total. The van der Waals surface area contributed by atoms with E-state index in [-0.39, 0.29) is 17.4 Å². The zero-order valence-corrected chi connectivity index (χ0v) is 8.71. The van der Waals surface area contributed by atoms with E-state index in [0.29, 0.717) is 0 Å². The molecule has 1 aromatic heterocycles. The van der Waals surface area contributed by atoms with Crippen molar-refractivity contribution in [1.29, 1.82) is 0 Å². The molecule has 2 rings (SSSR count). The largest absolute Gasteiger partial charge is 0.380 e. The van der Waals surface area contributed by atoms with Crippen LogP contribution in [-0.2, 0) is 0 Å². The Hall–Kier alpha value is -2.37. The highest BCUT2D eigenvalue weighted by molar-refractivity contribution is 6.06. The molecule has 6 nitrogen and oxygen atoms in total. The first-order chi connectivity index (χ1) is 7.70. The van der Waals surface area contributed by atoms with Gasteiger partial charge in [0, 0.05) is 12.7 Å². The van der Waals surface area contributed by atoms with Gasteiger partial charge in [0.1, 0.15) is 0 Å². The van der Waals surface area contributed by atoms with Gasteiger partial charge in [-0.15, -0.1) is 10.2 Å². The molecule has 0 bridgehead atoms. The average molecular weight is 217 g/mol. The van der Waals surface area contributed by atoms with Crippen molar-refractivity contribution in [3.63, 3.8) is 0 Å². The monoisotopic (exact) mass is 217 g/mol. The van der Waals surface area contributed by atoms with Crippen molar-refractivity contribution < 1.29 is 4.79 Å². The van der Waals surface area contributed by atoms with Crippen molar-refractivity contribution in [2.45, 2.75) is 0 Å². The summed E-state index contributed by atoms with van der Waals surface area (Å²) >= 11 is 0. The quantitative estimate of drug-likeness (QED) is 0.773. The predicted molar refractivity (Wildman–Crippen MR) is 60.0 cm³/mol. The fraction of sp³-hybridized carbons (Fsp3) is 0.100. The van der Waals surface area contributed by atoms with Crippen LogP contribution in [0.4, 0.5) is 11.5 Å². The number of aromatic nitrogens is 3. The lowest BCUT2D eigenvalue weighted by molar-refractivity contribution is 0.0989. The molecule has 1 heterocycles. The Kier molecular flexibility index (Phi) is 2.55. The number of nitrogens with two attached hydrogens (primary N) is 1. The molecule has 0 aliphatic rings. The third kappa shape index (κ3) is 1.72. The molecule has 0 atom stereocenters. The highest BCUT2D eigenvalue weighted by Crippen LogP contribution is 2.15. The minimum atomic E-state index is -0.294. The molecule has 82 valence electrons. The summed E-state index contributed by atoms with van der Waals surface area (Å²) in [5, 5.41) is 9.63. The third-order valence-corrected chi connectivity index (χ3v) is 2.23. The minimum Gasteiger partial charge on any atom is -0.380 e. The van der Waals surface area contributed by atoms with Crippen LogP contribution in [-0.4, -0.2) is 28.4 Å². The zero-order valence-electron chi connectivity index (χ0n) is 8.71. The summed E-state index contributed by atoms with van der Waals surface area (Å²) in [7, 11) is 1.66. The summed E-state index contributed by atoms with van der Waals surface area (Å²) in [6, 6.07) is 9.24. The van der Waals surface area contributed by atoms with Gasteiger partial charge in [0.15, 0.2) is 11.5 Å². The van der Waals surface area contributed by atoms with Gasteiger partial charge in [-0.1, -0.05) is 18.2 Å². The molecular weight excluding hydrogens is 206 g/mol. The van der Waals surface area contributed by atoms with E-state index in [2.05, 4.69) is 15.4 Å². The SMILES string of the molecule is CN(C(=O)c1n[nH]nc1N)c1ccccc1. The second-order valence-electron chi connectivity index (χ2n) is 3.26. The topological polar surface area (TPSA) is 87.9 Å². The number of H-pyrrole nitrogens is 1. The first kappa shape index (κ1) is 10.2. The highest BCUT2D eigenvalue weighted by atomic mass is 16.2. The van der Waals surface area contributed by atoms with E-state index < -0.39 is 0 Å². The van der Waals surface area contributed by atoms with E-state index >= 15 is 0 Å². The molecular formula is C10H11N5O. The number of hydrogen-bond acceptors (Lipinski definition) is 4. The van der Waals surface area contributed by atoms with Gasteiger partial charge >= 0.3 is 0 Å². The number of para-hydroxylation sites is 1. The van der Waals surface area contributed by atoms with Crippen LogP contribution in [0.1, 0.15) is 10.5 Å². The maximum atomic E-state index is 12.0. The molecule has 0 unspecified atom stereocenters. The van der Waals surface area contributed by atoms with Crippen LogP contribution < -0.4 is 10.6 Å². The zero-order chi connectivity index (χ0) is 11.5. The van der Waals surface area contributed by atoms with Gasteiger partial charge in [-0.05, 0) is 12.1 Å². The normalized spacial score (nSPS) is 10.1. The standard InChI is InChI=1S/C10H11N5O/c1-15(7-5-3-2-4-6-7)10(16)8-9(11)13-14-12-8/h2-6H,1H3,(H3,11,12,13,14). The maximum Gasteiger partial charge on any atom is 0.282 e. The van der Waals surface area contributed by atoms with E-state index in [4.69, 9.17) is 5.73 Å². The van der Waals surface area contributed by atoms with E-state index in [0.717, 1.165) is 5.69 Å². The van der Waals surface area contributed by atoms with Gasteiger partial charge in [0.05, 0.1) is 0 Å². The first-order valence-corrected chi connectivity index (χ1v) is 4.69. The van der Waals surface area contributed by atoms with Crippen LogP contribution in [0.3, 0.4) is 0 Å². The van der Waals surface area contributed by atoms with Crippen molar-refractivity contribution in [3.05, 3.63) is 36.0 Å². The number of rotatable bonds is 2. The second-order valence-corrected chi connectivity index (χ2v) is 3.26. The Labute approximate surface area is 92.1 Å². The lowest BCUT2D eigenvalue weighted by Gasteiger charge is -2.15. The van der Waals surface area contributed by atoms with E-state index in [1.165, 1.54) is 4.90 Å². The molecule has 2 aromatic rings. The predicted octanol–water partition coefficient (Wildman–Crippen LogP) is 0.663. The number of nitrogens with one attached hydrogen (secondary N) is 1. The van der Waals surface area contributed by atoms with Gasteiger partial charge in [-0.3, -0.25) is 4.79 Å². The Balaban J connectivity index is 2.27. The molecule has 0 fully saturated rings. The number of nitrogens with zero attached hydrogens (tertiary/aromatic N) is 3. The van der Waals surface area contributed by atoms with Crippen LogP contribution in [0.25, 0.3) is 0 Å². The molecule has 0 radical (unpaired) electrons. The minimum absolute atomic E-state index is 0.104. The van der Waals surface area contributed by atoms with Crippen molar-refractivity contribution >= 4 is 17.4 Å². The maximum absolute atomic E-state index is 12.0. The molecule has 16 heavy (non-hydrogen) atoms. The van der Waals surface area contributed by atoms with Crippen LogP contribution in [0.15, 0.2) is 30.3 Å². The van der Waals surface area contributed by atoms with E-state index in [1.807, 2.05) is 30.3 Å². The van der Waals surface area contributed by atoms with Crippen LogP contribution in [0.5, 0.6) is 0 Å². The smallest absolute Gasteiger partial charge is 0.282 e. The van der Waals surface area contributed by atoms with Gasteiger partial charge in [0.25, 0.3) is 5.91 Å². The molecule has 1 aromatic carbocycles. The lowest BCUT2D eigenvalue weighted by atomic mass is 10.3.